The SMILES string of the molecule is C=Cc1ccc(-c2ccc3c(c2)C(C=CC=CC)=C(C)C(C)C2(CC4=CCC(c5ccc(COCCOCC)cc5)C=C4c4cccc[n+]4C3)C[n+]3ccccc3-c3cc(-c4ccc(C=C)cc4)ccc32)cc1. The van der Waals surface area contributed by atoms with Crippen molar-refractivity contribution in [3.63, 3.8) is 0 Å². The highest BCUT2D eigenvalue weighted by atomic mass is 16.5. The van der Waals surface area contributed by atoms with Gasteiger partial charge in [0.2, 0.25) is 11.4 Å². The summed E-state index contributed by atoms with van der Waals surface area (Å²) < 4.78 is 16.5. The molecule has 73 heavy (non-hydrogen) atoms. The summed E-state index contributed by atoms with van der Waals surface area (Å²) in [5.74, 6) is 0.307. The normalized spacial score (nSPS) is 18.4. The average Bonchev–Trinajstić information content (AvgIpc) is 3.44. The highest BCUT2D eigenvalue weighted by molar-refractivity contribution is 5.84. The minimum atomic E-state index is -0.359. The second-order valence-electron chi connectivity index (χ2n) is 19.9. The predicted octanol–water partition coefficient (Wildman–Crippen LogP) is 15.5. The number of allylic oxidation sites excluding steroid dienone is 10. The third-order valence-electron chi connectivity index (χ3n) is 15.7. The van der Waals surface area contributed by atoms with Crippen LogP contribution in [0.5, 0.6) is 0 Å². The maximum atomic E-state index is 5.97. The van der Waals surface area contributed by atoms with Gasteiger partial charge in [-0.2, -0.15) is 9.13 Å². The third-order valence-corrected chi connectivity index (χ3v) is 15.7. The molecule has 2 aromatic heterocycles. The Kier molecular flexibility index (Phi) is 14.9. The molecule has 3 aliphatic rings. The fraction of sp³-hybridized carbons (Fsp3) is 0.217. The predicted molar refractivity (Wildman–Crippen MR) is 303 cm³/mol. The summed E-state index contributed by atoms with van der Waals surface area (Å²) in [6, 6.07) is 54.6. The van der Waals surface area contributed by atoms with E-state index in [9.17, 15) is 0 Å². The molecule has 7 aromatic rings. The van der Waals surface area contributed by atoms with E-state index < -0.39 is 0 Å². The number of ether oxygens (including phenoxy) is 2. The smallest absolute Gasteiger partial charge is 0.212 e. The van der Waals surface area contributed by atoms with Gasteiger partial charge in [-0.05, 0) is 131 Å². The van der Waals surface area contributed by atoms with Crippen molar-refractivity contribution in [1.29, 1.82) is 0 Å². The van der Waals surface area contributed by atoms with Gasteiger partial charge in [-0.1, -0.05) is 171 Å². The van der Waals surface area contributed by atoms with E-state index in [4.69, 9.17) is 9.47 Å². The molecule has 10 rings (SSSR count). The van der Waals surface area contributed by atoms with Crippen LogP contribution in [0, 0.1) is 5.92 Å². The first kappa shape index (κ1) is 49.1. The van der Waals surface area contributed by atoms with E-state index in [1.807, 2.05) is 19.1 Å². The van der Waals surface area contributed by atoms with Gasteiger partial charge < -0.3 is 9.47 Å². The second-order valence-corrected chi connectivity index (χ2v) is 19.9. The lowest BCUT2D eigenvalue weighted by Gasteiger charge is -2.43. The van der Waals surface area contributed by atoms with Crippen molar-refractivity contribution in [2.45, 2.75) is 71.6 Å². The number of rotatable bonds is 13. The van der Waals surface area contributed by atoms with Crippen LogP contribution < -0.4 is 9.13 Å². The number of hydrogen-bond donors (Lipinski definition) is 0. The number of nitrogens with zero attached hydrogens (tertiary/aromatic N) is 2. The van der Waals surface area contributed by atoms with Gasteiger partial charge >= 0.3 is 0 Å². The zero-order valence-corrected chi connectivity index (χ0v) is 43.1. The fourth-order valence-electron chi connectivity index (χ4n) is 11.5. The van der Waals surface area contributed by atoms with Crippen LogP contribution in [0.25, 0.3) is 56.8 Å². The van der Waals surface area contributed by atoms with Gasteiger partial charge in [0.1, 0.15) is 0 Å². The van der Waals surface area contributed by atoms with Gasteiger partial charge in [0, 0.05) is 47.9 Å². The molecule has 2 aliphatic heterocycles. The first-order chi connectivity index (χ1) is 35.8. The third kappa shape index (κ3) is 10.2. The van der Waals surface area contributed by atoms with E-state index in [0.717, 1.165) is 30.5 Å². The van der Waals surface area contributed by atoms with E-state index in [1.54, 1.807) is 0 Å². The first-order valence-corrected chi connectivity index (χ1v) is 26.2. The van der Waals surface area contributed by atoms with E-state index in [1.165, 1.54) is 89.3 Å². The molecule has 5 aromatic carbocycles. The Morgan fingerprint density at radius 2 is 1.33 bits per heavy atom. The molecule has 364 valence electrons. The Bertz CT molecular complexity index is 3310. The number of hydrogen-bond acceptors (Lipinski definition) is 2. The zero-order chi connectivity index (χ0) is 50.3. The first-order valence-electron chi connectivity index (χ1n) is 26.2. The van der Waals surface area contributed by atoms with Crippen molar-refractivity contribution in [1.82, 2.24) is 0 Å². The van der Waals surface area contributed by atoms with Crippen molar-refractivity contribution in [2.24, 2.45) is 5.92 Å². The highest BCUT2D eigenvalue weighted by Crippen LogP contribution is 2.53. The van der Waals surface area contributed by atoms with Crippen LogP contribution in [0.1, 0.15) is 91.1 Å². The molecular formula is C69H68N2O2+2. The van der Waals surface area contributed by atoms with Crippen LogP contribution in [0.15, 0.2) is 219 Å². The van der Waals surface area contributed by atoms with Crippen LogP contribution in [0.3, 0.4) is 0 Å². The van der Waals surface area contributed by atoms with Crippen LogP contribution in [-0.2, 0) is 34.6 Å². The second kappa shape index (κ2) is 22.1. The van der Waals surface area contributed by atoms with E-state index in [2.05, 4.69) is 238 Å². The number of fused-ring (bicyclic) bond motifs is 8. The number of pyridine rings is 2. The van der Waals surface area contributed by atoms with Crippen LogP contribution in [0.2, 0.25) is 0 Å². The lowest BCUT2D eigenvalue weighted by molar-refractivity contribution is -0.698. The zero-order valence-electron chi connectivity index (χ0n) is 43.1. The van der Waals surface area contributed by atoms with Crippen molar-refractivity contribution < 1.29 is 18.6 Å². The quantitative estimate of drug-likeness (QED) is 0.0654. The Labute approximate surface area is 434 Å². The molecule has 3 unspecified atom stereocenters. The monoisotopic (exact) mass is 957 g/mol. The van der Waals surface area contributed by atoms with Crippen LogP contribution in [0.4, 0.5) is 0 Å². The fourth-order valence-corrected chi connectivity index (χ4v) is 11.5. The van der Waals surface area contributed by atoms with Crippen LogP contribution in [-0.4, -0.2) is 19.8 Å². The summed E-state index contributed by atoms with van der Waals surface area (Å²) in [6.07, 6.45) is 24.3. The summed E-state index contributed by atoms with van der Waals surface area (Å²) in [7, 11) is 0. The minimum absolute atomic E-state index is 0.101. The molecule has 4 nitrogen and oxygen atoms in total. The van der Waals surface area contributed by atoms with Crippen LogP contribution >= 0.6 is 0 Å². The Morgan fingerprint density at radius 1 is 0.685 bits per heavy atom. The molecule has 4 heteroatoms. The van der Waals surface area contributed by atoms with E-state index >= 15 is 0 Å². The average molecular weight is 957 g/mol. The molecule has 3 atom stereocenters. The summed E-state index contributed by atoms with van der Waals surface area (Å²) in [5.41, 5.74) is 22.2. The van der Waals surface area contributed by atoms with Gasteiger partial charge in [0.25, 0.3) is 0 Å². The lowest BCUT2D eigenvalue weighted by atomic mass is 9.60. The standard InChI is InChI=1S/C69H68N2O2/c1-7-11-12-17-62-49(5)50(6)69(48-71-39-16-14-19-68(71)65-44-59(36-37-66(65)69)55-28-22-52(9-3)23-29-55)45-60-34-32-58(56-30-24-53(25-31-56)47-73-41-40-72-10-4)43-64(60)67-18-13-15-38-70(67)46-61-35-33-57(42-63(61)62)54-26-20-51(8-2)21-27-54/h7-9,11-31,33-39,42-44,50,58H,2-3,10,32,40-41,45-48H2,1,4-6H3/q+2. The highest BCUT2D eigenvalue weighted by Gasteiger charge is 2.50. The largest absolute Gasteiger partial charge is 0.379 e. The molecule has 0 radical (unpaired) electrons. The van der Waals surface area contributed by atoms with Crippen molar-refractivity contribution in [2.75, 3.05) is 19.8 Å². The molecule has 0 bridgehead atoms. The molecule has 0 saturated carbocycles. The number of aromatic nitrogens is 2. The Morgan fingerprint density at radius 3 is 2.01 bits per heavy atom. The van der Waals surface area contributed by atoms with Gasteiger partial charge in [-0.15, -0.1) is 0 Å². The maximum Gasteiger partial charge on any atom is 0.212 e. The maximum absolute atomic E-state index is 5.97. The Balaban J connectivity index is 1.19. The molecule has 1 spiro atoms. The Hall–Kier alpha value is -7.50. The number of benzene rings is 5. The summed E-state index contributed by atoms with van der Waals surface area (Å²) in [6.45, 7) is 21.1. The van der Waals surface area contributed by atoms with E-state index in [0.29, 0.717) is 33.0 Å². The molecule has 0 N–H and O–H groups in total. The van der Waals surface area contributed by atoms with Crippen molar-refractivity contribution in [3.8, 4) is 33.5 Å². The van der Waals surface area contributed by atoms with Crippen molar-refractivity contribution >= 4 is 23.3 Å². The minimum Gasteiger partial charge on any atom is -0.379 e. The molecule has 0 fully saturated rings. The summed E-state index contributed by atoms with van der Waals surface area (Å²) in [5, 5.41) is 0. The molecule has 4 heterocycles. The van der Waals surface area contributed by atoms with Crippen molar-refractivity contribution in [3.05, 3.63) is 263 Å². The molecule has 1 aliphatic carbocycles. The molecule has 0 saturated heterocycles. The molecular weight excluding hydrogens is 889 g/mol. The van der Waals surface area contributed by atoms with Gasteiger partial charge in [0.05, 0.1) is 30.8 Å². The topological polar surface area (TPSA) is 26.2 Å². The van der Waals surface area contributed by atoms with Gasteiger partial charge in [-0.25, -0.2) is 0 Å². The van der Waals surface area contributed by atoms with Gasteiger partial charge in [-0.3, -0.25) is 0 Å². The van der Waals surface area contributed by atoms with Gasteiger partial charge in [0.15, 0.2) is 25.5 Å². The molecule has 0 amide bonds. The summed E-state index contributed by atoms with van der Waals surface area (Å²) in [4.78, 5) is 0. The lowest BCUT2D eigenvalue weighted by Crippen LogP contribution is -2.54. The van der Waals surface area contributed by atoms with E-state index in [-0.39, 0.29) is 17.3 Å². The summed E-state index contributed by atoms with van der Waals surface area (Å²) >= 11 is 0.